The van der Waals surface area contributed by atoms with Gasteiger partial charge in [0.15, 0.2) is 0 Å². The van der Waals surface area contributed by atoms with E-state index in [1.54, 1.807) is 29.5 Å². The quantitative estimate of drug-likeness (QED) is 0.749. The minimum atomic E-state index is -3.38. The molecule has 0 aliphatic rings. The molecule has 0 radical (unpaired) electrons. The highest BCUT2D eigenvalue weighted by Gasteiger charge is 2.13. The molecule has 1 aromatic carbocycles. The first-order valence-corrected chi connectivity index (χ1v) is 9.29. The molecule has 2 heterocycles. The predicted molar refractivity (Wildman–Crippen MR) is 87.9 cm³/mol. The third kappa shape index (κ3) is 3.85. The molecule has 4 nitrogen and oxygen atoms in total. The first kappa shape index (κ1) is 15.0. The third-order valence-electron chi connectivity index (χ3n) is 3.09. The van der Waals surface area contributed by atoms with Crippen LogP contribution in [0.4, 0.5) is 0 Å². The number of benzene rings is 1. The fourth-order valence-electron chi connectivity index (χ4n) is 2.05. The standard InChI is InChI=1S/C16H15NO3S2/c18-22(19,12-13-5-2-1-3-6-13)17-11-14-8-9-15(20-14)16-7-4-10-21-16/h1-10,17H,11-12H2. The van der Waals surface area contributed by atoms with E-state index in [0.717, 1.165) is 16.2 Å². The lowest BCUT2D eigenvalue weighted by Crippen LogP contribution is -2.24. The topological polar surface area (TPSA) is 59.3 Å². The Kier molecular flexibility index (Phi) is 4.42. The number of hydrogen-bond donors (Lipinski definition) is 1. The van der Waals surface area contributed by atoms with E-state index < -0.39 is 10.0 Å². The first-order valence-electron chi connectivity index (χ1n) is 6.76. The number of hydrogen-bond acceptors (Lipinski definition) is 4. The van der Waals surface area contributed by atoms with E-state index in [9.17, 15) is 8.42 Å². The molecule has 114 valence electrons. The van der Waals surface area contributed by atoms with Crippen molar-refractivity contribution in [2.45, 2.75) is 12.3 Å². The van der Waals surface area contributed by atoms with Crippen LogP contribution < -0.4 is 4.72 Å². The molecule has 1 N–H and O–H groups in total. The average molecular weight is 333 g/mol. The summed E-state index contributed by atoms with van der Waals surface area (Å²) in [4.78, 5) is 1.03. The zero-order valence-electron chi connectivity index (χ0n) is 11.7. The summed E-state index contributed by atoms with van der Waals surface area (Å²) in [5.74, 6) is 1.32. The monoisotopic (exact) mass is 333 g/mol. The maximum absolute atomic E-state index is 12.1. The number of furan rings is 1. The Morgan fingerprint density at radius 1 is 1.00 bits per heavy atom. The van der Waals surface area contributed by atoms with Crippen molar-refractivity contribution >= 4 is 21.4 Å². The van der Waals surface area contributed by atoms with Crippen molar-refractivity contribution < 1.29 is 12.8 Å². The van der Waals surface area contributed by atoms with E-state index in [2.05, 4.69) is 4.72 Å². The van der Waals surface area contributed by atoms with Gasteiger partial charge in [0.2, 0.25) is 10.0 Å². The summed E-state index contributed by atoms with van der Waals surface area (Å²) in [6.07, 6.45) is 0. The van der Waals surface area contributed by atoms with E-state index in [-0.39, 0.29) is 12.3 Å². The van der Waals surface area contributed by atoms with E-state index in [1.807, 2.05) is 41.8 Å². The molecule has 3 rings (SSSR count). The van der Waals surface area contributed by atoms with Crippen LogP contribution in [0.3, 0.4) is 0 Å². The summed E-state index contributed by atoms with van der Waals surface area (Å²) < 4.78 is 32.3. The number of thiophene rings is 1. The van der Waals surface area contributed by atoms with Crippen LogP contribution in [0.2, 0.25) is 0 Å². The molecular formula is C16H15NO3S2. The van der Waals surface area contributed by atoms with Crippen LogP contribution in [0, 0.1) is 0 Å². The Morgan fingerprint density at radius 2 is 1.82 bits per heavy atom. The van der Waals surface area contributed by atoms with Crippen LogP contribution in [-0.4, -0.2) is 8.42 Å². The average Bonchev–Trinajstić information content (AvgIpc) is 3.17. The lowest BCUT2D eigenvalue weighted by molar-refractivity contribution is 0.510. The second-order valence-corrected chi connectivity index (χ2v) is 7.56. The highest BCUT2D eigenvalue weighted by molar-refractivity contribution is 7.88. The van der Waals surface area contributed by atoms with Gasteiger partial charge < -0.3 is 4.42 Å². The van der Waals surface area contributed by atoms with Crippen LogP contribution in [0.1, 0.15) is 11.3 Å². The molecule has 0 unspecified atom stereocenters. The lowest BCUT2D eigenvalue weighted by atomic mass is 10.2. The molecule has 0 aliphatic heterocycles. The Labute approximate surface area is 133 Å². The Morgan fingerprint density at radius 3 is 2.55 bits per heavy atom. The third-order valence-corrected chi connectivity index (χ3v) is 5.27. The van der Waals surface area contributed by atoms with Crippen molar-refractivity contribution in [2.24, 2.45) is 0 Å². The SMILES string of the molecule is O=S(=O)(Cc1ccccc1)NCc1ccc(-c2cccs2)o1. The summed E-state index contributed by atoms with van der Waals surface area (Å²) in [7, 11) is -3.38. The van der Waals surface area contributed by atoms with Crippen molar-refractivity contribution in [1.82, 2.24) is 4.72 Å². The predicted octanol–water partition coefficient (Wildman–Crippen LogP) is 3.63. The lowest BCUT2D eigenvalue weighted by Gasteiger charge is -2.05. The summed E-state index contributed by atoms with van der Waals surface area (Å²) in [5.41, 5.74) is 0.758. The molecule has 0 saturated heterocycles. The molecule has 0 atom stereocenters. The summed E-state index contributed by atoms with van der Waals surface area (Å²) in [5, 5.41) is 1.97. The van der Waals surface area contributed by atoms with Gasteiger partial charge in [-0.2, -0.15) is 0 Å². The molecule has 0 fully saturated rings. The normalized spacial score (nSPS) is 11.6. The Balaban J connectivity index is 1.62. The second-order valence-electron chi connectivity index (χ2n) is 4.81. The zero-order valence-corrected chi connectivity index (χ0v) is 13.4. The number of sulfonamides is 1. The molecule has 0 bridgehead atoms. The van der Waals surface area contributed by atoms with Crippen molar-refractivity contribution in [1.29, 1.82) is 0 Å². The van der Waals surface area contributed by atoms with E-state index in [1.165, 1.54) is 0 Å². The first-order chi connectivity index (χ1) is 10.6. The molecule has 22 heavy (non-hydrogen) atoms. The molecular weight excluding hydrogens is 318 g/mol. The fraction of sp³-hybridized carbons (Fsp3) is 0.125. The van der Waals surface area contributed by atoms with Crippen molar-refractivity contribution in [3.63, 3.8) is 0 Å². The highest BCUT2D eigenvalue weighted by atomic mass is 32.2. The number of nitrogens with one attached hydrogen (secondary N) is 1. The zero-order chi connectivity index (χ0) is 15.4. The minimum absolute atomic E-state index is 0.0354. The van der Waals surface area contributed by atoms with Crippen molar-refractivity contribution in [3.8, 4) is 10.6 Å². The van der Waals surface area contributed by atoms with Crippen molar-refractivity contribution in [2.75, 3.05) is 0 Å². The van der Waals surface area contributed by atoms with Crippen LogP contribution >= 0.6 is 11.3 Å². The summed E-state index contributed by atoms with van der Waals surface area (Å²) in [6.45, 7) is 0.153. The van der Waals surface area contributed by atoms with E-state index in [4.69, 9.17) is 4.42 Å². The maximum atomic E-state index is 12.1. The highest BCUT2D eigenvalue weighted by Crippen LogP contribution is 2.26. The van der Waals surface area contributed by atoms with Gasteiger partial charge >= 0.3 is 0 Å². The van der Waals surface area contributed by atoms with Crippen molar-refractivity contribution in [3.05, 3.63) is 71.3 Å². The van der Waals surface area contributed by atoms with Crippen LogP contribution in [0.25, 0.3) is 10.6 Å². The molecule has 0 amide bonds. The van der Waals surface area contributed by atoms with Gasteiger partial charge in [0.1, 0.15) is 11.5 Å². The van der Waals surface area contributed by atoms with Gasteiger partial charge in [-0.1, -0.05) is 36.4 Å². The Bertz CT molecular complexity index is 821. The van der Waals surface area contributed by atoms with Gasteiger partial charge in [0.25, 0.3) is 0 Å². The van der Waals surface area contributed by atoms with Crippen LogP contribution in [-0.2, 0) is 22.3 Å². The minimum Gasteiger partial charge on any atom is -0.459 e. The van der Waals surface area contributed by atoms with Gasteiger partial charge in [0, 0.05) is 0 Å². The Hall–Kier alpha value is -1.89. The van der Waals surface area contributed by atoms with Gasteiger partial charge in [-0.15, -0.1) is 11.3 Å². The maximum Gasteiger partial charge on any atom is 0.216 e. The summed E-state index contributed by atoms with van der Waals surface area (Å²) in [6, 6.07) is 16.7. The van der Waals surface area contributed by atoms with Gasteiger partial charge in [-0.05, 0) is 29.1 Å². The fourth-order valence-corrected chi connectivity index (χ4v) is 3.83. The van der Waals surface area contributed by atoms with Gasteiger partial charge in [-0.25, -0.2) is 13.1 Å². The molecule has 2 aromatic heterocycles. The van der Waals surface area contributed by atoms with Gasteiger partial charge in [-0.3, -0.25) is 0 Å². The smallest absolute Gasteiger partial charge is 0.216 e. The molecule has 0 spiro atoms. The second kappa shape index (κ2) is 6.48. The van der Waals surface area contributed by atoms with Gasteiger partial charge in [0.05, 0.1) is 17.2 Å². The van der Waals surface area contributed by atoms with Crippen LogP contribution in [0.15, 0.2) is 64.4 Å². The van der Waals surface area contributed by atoms with Crippen LogP contribution in [0.5, 0.6) is 0 Å². The van der Waals surface area contributed by atoms with E-state index in [0.29, 0.717) is 5.76 Å². The number of rotatable bonds is 6. The molecule has 0 saturated carbocycles. The molecule has 3 aromatic rings. The van der Waals surface area contributed by atoms with E-state index >= 15 is 0 Å². The molecule has 0 aliphatic carbocycles. The molecule has 6 heteroatoms. The largest absolute Gasteiger partial charge is 0.459 e. The summed E-state index contributed by atoms with van der Waals surface area (Å²) >= 11 is 1.58.